The first-order chi connectivity index (χ1) is 0. The minimum atomic E-state index is 0. The summed E-state index contributed by atoms with van der Waals surface area (Å²) in [5.74, 6) is 0. The quantitative estimate of drug-likeness (QED) is 0.307. The molecule has 0 aromatic carbocycles. The summed E-state index contributed by atoms with van der Waals surface area (Å²) in [5.41, 5.74) is 0. The molecule has 0 aliphatic carbocycles. The van der Waals surface area contributed by atoms with E-state index >= 15 is 0 Å². The van der Waals surface area contributed by atoms with Crippen LogP contribution in [0, 0.1) is 0 Å². The van der Waals surface area contributed by atoms with Crippen LogP contribution in [0.25, 0.3) is 0 Å². The Labute approximate surface area is 78.9 Å². The Morgan fingerprint density at radius 3 is 0.500 bits per heavy atom. The first kappa shape index (κ1) is 31.9. The van der Waals surface area contributed by atoms with Crippen LogP contribution in [-0.2, 0) is 55.3 Å². The van der Waals surface area contributed by atoms with Gasteiger partial charge in [0.05, 0.1) is 0 Å². The number of rotatable bonds is 0. The molecule has 0 saturated carbocycles. The molecule has 0 aliphatic rings. The standard InChI is InChI=1S/2ClH.2Hg.2H/h2*1H;;;;/q;;2*+1;;/p-2. The molecular formula is H2Cl2Hg2. The molecular weight excluding hydrogens is 472 g/mol. The normalized spacial score (nSPS) is 0. The van der Waals surface area contributed by atoms with Crippen LogP contribution in [0.15, 0.2) is 0 Å². The van der Waals surface area contributed by atoms with Crippen molar-refractivity contribution in [3.05, 3.63) is 0 Å². The summed E-state index contributed by atoms with van der Waals surface area (Å²) in [7, 11) is 0. The van der Waals surface area contributed by atoms with Gasteiger partial charge in [-0.3, -0.25) is 0 Å². The predicted octanol–water partition coefficient (Wildman–Crippen LogP) is -6.53. The molecule has 0 bridgehead atoms. The van der Waals surface area contributed by atoms with Crippen LogP contribution in [0.2, 0.25) is 0 Å². The average Bonchev–Trinajstić information content (AvgIpc) is 0. The van der Waals surface area contributed by atoms with Crippen molar-refractivity contribution in [3.8, 4) is 0 Å². The molecule has 0 N–H and O–H groups in total. The fourth-order valence-corrected chi connectivity index (χ4v) is 0. The minimum absolute atomic E-state index is 0. The maximum absolute atomic E-state index is 0. The molecule has 2 radical (unpaired) electrons. The van der Waals surface area contributed by atoms with Gasteiger partial charge >= 0.3 is 55.3 Å². The van der Waals surface area contributed by atoms with E-state index in [4.69, 9.17) is 0 Å². The van der Waals surface area contributed by atoms with Crippen molar-refractivity contribution in [3.63, 3.8) is 0 Å². The summed E-state index contributed by atoms with van der Waals surface area (Å²) in [6, 6.07) is 0. The fraction of sp³-hybridized carbons (Fsp3) is 0. The third-order valence-corrected chi connectivity index (χ3v) is 0. The van der Waals surface area contributed by atoms with E-state index in [2.05, 4.69) is 0 Å². The third kappa shape index (κ3) is 8.82. The molecule has 0 unspecified atom stereocenters. The van der Waals surface area contributed by atoms with E-state index in [1.807, 2.05) is 0 Å². The van der Waals surface area contributed by atoms with Crippen LogP contribution in [-0.4, -0.2) is 0 Å². The Kier molecular flexibility index (Phi) is 143. The summed E-state index contributed by atoms with van der Waals surface area (Å²) in [4.78, 5) is 0. The molecule has 0 heterocycles. The Morgan fingerprint density at radius 2 is 0.500 bits per heavy atom. The van der Waals surface area contributed by atoms with Gasteiger partial charge in [0.25, 0.3) is 0 Å². The predicted molar refractivity (Wildman–Crippen MR) is 2.79 cm³/mol. The van der Waals surface area contributed by atoms with Crippen molar-refractivity contribution in [1.29, 1.82) is 0 Å². The summed E-state index contributed by atoms with van der Waals surface area (Å²) in [6.07, 6.45) is 0. The van der Waals surface area contributed by atoms with Crippen molar-refractivity contribution < 1.29 is 80.2 Å². The van der Waals surface area contributed by atoms with Crippen LogP contribution in [0.1, 0.15) is 0 Å². The average molecular weight is 474 g/mol. The van der Waals surface area contributed by atoms with Gasteiger partial charge in [-0.1, -0.05) is 0 Å². The van der Waals surface area contributed by atoms with Crippen LogP contribution >= 0.6 is 0 Å². The molecule has 0 aliphatic heterocycles. The second-order valence-electron chi connectivity index (χ2n) is 0. The molecule has 4 heavy (non-hydrogen) atoms. The van der Waals surface area contributed by atoms with Gasteiger partial charge < -0.3 is 24.8 Å². The zero-order valence-electron chi connectivity index (χ0n) is 2.76. The Bertz CT molecular complexity index is 4.00. The van der Waals surface area contributed by atoms with E-state index in [0.717, 1.165) is 0 Å². The van der Waals surface area contributed by atoms with Crippen molar-refractivity contribution in [2.24, 2.45) is 0 Å². The molecule has 0 aromatic heterocycles. The first-order valence-corrected chi connectivity index (χ1v) is 0. The first-order valence-electron chi connectivity index (χ1n) is 0. The van der Waals surface area contributed by atoms with Gasteiger partial charge in [-0.25, -0.2) is 0 Å². The Balaban J connectivity index is 0. The van der Waals surface area contributed by atoms with Crippen LogP contribution in [0.5, 0.6) is 0 Å². The van der Waals surface area contributed by atoms with Crippen LogP contribution in [0.3, 0.4) is 0 Å². The Hall–Kier alpha value is 2.45. The molecule has 0 atom stereocenters. The number of hydrogen-bond acceptors (Lipinski definition) is 0. The van der Waals surface area contributed by atoms with Crippen molar-refractivity contribution in [2.45, 2.75) is 0 Å². The van der Waals surface area contributed by atoms with Gasteiger partial charge in [0, 0.05) is 0 Å². The molecule has 4 heteroatoms. The van der Waals surface area contributed by atoms with Crippen molar-refractivity contribution >= 4 is 0 Å². The maximum atomic E-state index is 0. The van der Waals surface area contributed by atoms with E-state index in [1.54, 1.807) is 0 Å². The number of hydrogen-bond donors (Lipinski definition) is 0. The zero-order valence-corrected chi connectivity index (χ0v) is 19.8. The second kappa shape index (κ2) is 18.0. The SMILES string of the molecule is [Cl-].[Cl-].[HgH+].[HgH+]. The molecule has 0 saturated heterocycles. The van der Waals surface area contributed by atoms with Crippen molar-refractivity contribution in [2.75, 3.05) is 0 Å². The molecule has 0 spiro atoms. The summed E-state index contributed by atoms with van der Waals surface area (Å²) in [5, 5.41) is 0. The summed E-state index contributed by atoms with van der Waals surface area (Å²) < 4.78 is 0. The number of halogens is 2. The summed E-state index contributed by atoms with van der Waals surface area (Å²) >= 11 is 0. The van der Waals surface area contributed by atoms with E-state index < -0.39 is 0 Å². The molecule has 0 nitrogen and oxygen atoms in total. The molecule has 0 aromatic rings. The third-order valence-electron chi connectivity index (χ3n) is 0. The summed E-state index contributed by atoms with van der Waals surface area (Å²) in [6.45, 7) is 0. The monoisotopic (exact) mass is 476 g/mol. The topological polar surface area (TPSA) is 0 Å². The molecule has 0 fully saturated rings. The van der Waals surface area contributed by atoms with E-state index in [9.17, 15) is 0 Å². The van der Waals surface area contributed by atoms with Crippen molar-refractivity contribution in [1.82, 2.24) is 0 Å². The zero-order chi connectivity index (χ0) is 0. The second-order valence-corrected chi connectivity index (χ2v) is 0. The van der Waals surface area contributed by atoms with Crippen LogP contribution in [0.4, 0.5) is 0 Å². The molecule has 0 amide bonds. The van der Waals surface area contributed by atoms with Gasteiger partial charge in [-0.15, -0.1) is 0 Å². The van der Waals surface area contributed by atoms with E-state index in [0.29, 0.717) is 0 Å². The van der Waals surface area contributed by atoms with Gasteiger partial charge in [0.1, 0.15) is 0 Å². The van der Waals surface area contributed by atoms with E-state index in [1.165, 1.54) is 0 Å². The fourth-order valence-electron chi connectivity index (χ4n) is 0. The van der Waals surface area contributed by atoms with Gasteiger partial charge in [0.15, 0.2) is 0 Å². The van der Waals surface area contributed by atoms with E-state index in [-0.39, 0.29) is 80.2 Å². The van der Waals surface area contributed by atoms with Gasteiger partial charge in [0.2, 0.25) is 0 Å². The van der Waals surface area contributed by atoms with Gasteiger partial charge in [-0.2, -0.15) is 0 Å². The molecule has 20 valence electrons. The van der Waals surface area contributed by atoms with Crippen LogP contribution < -0.4 is 24.8 Å². The molecule has 0 rings (SSSR count). The van der Waals surface area contributed by atoms with Gasteiger partial charge in [-0.05, 0) is 0 Å². The Morgan fingerprint density at radius 1 is 0.500 bits per heavy atom.